The molecule has 1 heterocycles. The van der Waals surface area contributed by atoms with E-state index in [-0.39, 0.29) is 16.4 Å². The van der Waals surface area contributed by atoms with Crippen LogP contribution in [-0.4, -0.2) is 16.7 Å². The van der Waals surface area contributed by atoms with Crippen LogP contribution >= 0.6 is 34.5 Å². The lowest BCUT2D eigenvalue weighted by molar-refractivity contribution is -0.114. The molecular formula is C13H9Cl2FN2O2S. The molecule has 0 saturated heterocycles. The predicted octanol–water partition coefficient (Wildman–Crippen LogP) is 3.40. The van der Waals surface area contributed by atoms with Crippen molar-refractivity contribution in [2.24, 2.45) is 5.73 Å². The summed E-state index contributed by atoms with van der Waals surface area (Å²) in [7, 11) is 0. The summed E-state index contributed by atoms with van der Waals surface area (Å²) in [6.07, 6.45) is 0. The Hall–Kier alpha value is -1.63. The summed E-state index contributed by atoms with van der Waals surface area (Å²) in [5.74, 6) is -1.72. The number of benzene rings is 1. The number of nitrogens with two attached hydrogens (primary N) is 1. The van der Waals surface area contributed by atoms with Gasteiger partial charge in [0.1, 0.15) is 10.7 Å². The van der Waals surface area contributed by atoms with Crippen molar-refractivity contribution >= 4 is 52.0 Å². The molecule has 0 aliphatic rings. The maximum atomic E-state index is 12.9. The minimum atomic E-state index is -1.26. The molecule has 1 aromatic carbocycles. The van der Waals surface area contributed by atoms with Crippen LogP contribution in [-0.2, 0) is 4.79 Å². The lowest BCUT2D eigenvalue weighted by Gasteiger charge is -2.04. The Balaban J connectivity index is 2.39. The van der Waals surface area contributed by atoms with Crippen molar-refractivity contribution in [1.82, 2.24) is 0 Å². The number of rotatable bonds is 4. The first kappa shape index (κ1) is 15.8. The van der Waals surface area contributed by atoms with Gasteiger partial charge >= 0.3 is 0 Å². The minimum Gasteiger partial charge on any atom is -0.365 e. The molecule has 0 radical (unpaired) electrons. The first-order chi connectivity index (χ1) is 9.88. The van der Waals surface area contributed by atoms with Crippen molar-refractivity contribution in [3.63, 3.8) is 0 Å². The molecule has 3 N–H and O–H groups in total. The van der Waals surface area contributed by atoms with Gasteiger partial charge in [-0.25, -0.2) is 4.39 Å². The van der Waals surface area contributed by atoms with Gasteiger partial charge in [0, 0.05) is 4.88 Å². The van der Waals surface area contributed by atoms with Crippen molar-refractivity contribution in [2.75, 3.05) is 5.32 Å². The van der Waals surface area contributed by atoms with Gasteiger partial charge in [-0.2, -0.15) is 0 Å². The summed E-state index contributed by atoms with van der Waals surface area (Å²) < 4.78 is 12.9. The SMILES string of the molecule is NC(=O)c1sc(-c2ccc(F)cc2)cc1NC(=O)C(Cl)Cl. The second-order valence-corrected chi connectivity index (χ2v) is 6.16. The van der Waals surface area contributed by atoms with Crippen LogP contribution in [0.5, 0.6) is 0 Å². The van der Waals surface area contributed by atoms with E-state index in [1.165, 1.54) is 12.1 Å². The molecule has 1 aromatic heterocycles. The van der Waals surface area contributed by atoms with Crippen LogP contribution in [0, 0.1) is 5.82 Å². The Labute approximate surface area is 133 Å². The van der Waals surface area contributed by atoms with E-state index >= 15 is 0 Å². The van der Waals surface area contributed by atoms with Gasteiger partial charge in [0.15, 0.2) is 4.84 Å². The summed E-state index contributed by atoms with van der Waals surface area (Å²) in [6.45, 7) is 0. The van der Waals surface area contributed by atoms with E-state index in [2.05, 4.69) is 5.32 Å². The van der Waals surface area contributed by atoms with E-state index in [1.807, 2.05) is 0 Å². The fourth-order valence-electron chi connectivity index (χ4n) is 1.61. The average Bonchev–Trinajstić information content (AvgIpc) is 2.83. The molecule has 0 spiro atoms. The summed E-state index contributed by atoms with van der Waals surface area (Å²) in [4.78, 5) is 22.5. The third-order valence-corrected chi connectivity index (χ3v) is 4.14. The molecule has 0 unspecified atom stereocenters. The molecular weight excluding hydrogens is 338 g/mol. The Morgan fingerprint density at radius 3 is 2.38 bits per heavy atom. The highest BCUT2D eigenvalue weighted by Crippen LogP contribution is 2.35. The zero-order valence-electron chi connectivity index (χ0n) is 10.4. The zero-order chi connectivity index (χ0) is 15.6. The fourth-order valence-corrected chi connectivity index (χ4v) is 2.69. The Bertz CT molecular complexity index is 686. The number of anilines is 1. The van der Waals surface area contributed by atoms with E-state index in [4.69, 9.17) is 28.9 Å². The molecule has 2 rings (SSSR count). The standard InChI is InChI=1S/C13H9Cl2FN2O2S/c14-11(15)13(20)18-8-5-9(21-10(8)12(17)19)6-1-3-7(16)4-2-6/h1-5,11H,(H2,17,19)(H,18,20). The topological polar surface area (TPSA) is 72.2 Å². The summed E-state index contributed by atoms with van der Waals surface area (Å²) in [6, 6.07) is 7.27. The Morgan fingerprint density at radius 1 is 1.24 bits per heavy atom. The molecule has 0 aliphatic heterocycles. The van der Waals surface area contributed by atoms with Gasteiger partial charge in [0.2, 0.25) is 0 Å². The lowest BCUT2D eigenvalue weighted by atomic mass is 10.2. The lowest BCUT2D eigenvalue weighted by Crippen LogP contribution is -2.20. The van der Waals surface area contributed by atoms with Gasteiger partial charge in [0.25, 0.3) is 11.8 Å². The van der Waals surface area contributed by atoms with Crippen LogP contribution < -0.4 is 11.1 Å². The van der Waals surface area contributed by atoms with Crippen molar-refractivity contribution in [3.8, 4) is 10.4 Å². The van der Waals surface area contributed by atoms with Crippen LogP contribution in [0.1, 0.15) is 9.67 Å². The van der Waals surface area contributed by atoms with Gasteiger partial charge in [0.05, 0.1) is 5.69 Å². The highest BCUT2D eigenvalue weighted by molar-refractivity contribution is 7.18. The predicted molar refractivity (Wildman–Crippen MR) is 82.4 cm³/mol. The summed E-state index contributed by atoms with van der Waals surface area (Å²) in [5, 5.41) is 2.43. The van der Waals surface area contributed by atoms with Gasteiger partial charge < -0.3 is 11.1 Å². The number of primary amides is 1. The van der Waals surface area contributed by atoms with Crippen LogP contribution in [0.15, 0.2) is 30.3 Å². The molecule has 4 nitrogen and oxygen atoms in total. The largest absolute Gasteiger partial charge is 0.365 e. The van der Waals surface area contributed by atoms with Crippen molar-refractivity contribution < 1.29 is 14.0 Å². The number of hydrogen-bond donors (Lipinski definition) is 2. The molecule has 0 fully saturated rings. The minimum absolute atomic E-state index is 0.164. The van der Waals surface area contributed by atoms with Gasteiger partial charge in [-0.15, -0.1) is 11.3 Å². The zero-order valence-corrected chi connectivity index (χ0v) is 12.7. The van der Waals surface area contributed by atoms with Gasteiger partial charge in [-0.05, 0) is 23.8 Å². The van der Waals surface area contributed by atoms with Gasteiger partial charge in [-0.3, -0.25) is 9.59 Å². The van der Waals surface area contributed by atoms with Crippen LogP contribution in [0.3, 0.4) is 0 Å². The number of carbonyl (C=O) groups excluding carboxylic acids is 2. The van der Waals surface area contributed by atoms with Crippen LogP contribution in [0.2, 0.25) is 0 Å². The second-order valence-electron chi connectivity index (χ2n) is 4.01. The van der Waals surface area contributed by atoms with Crippen LogP contribution in [0.25, 0.3) is 10.4 Å². The molecule has 110 valence electrons. The van der Waals surface area contributed by atoms with Crippen molar-refractivity contribution in [3.05, 3.63) is 41.0 Å². The first-order valence-corrected chi connectivity index (χ1v) is 7.36. The van der Waals surface area contributed by atoms with Crippen LogP contribution in [0.4, 0.5) is 10.1 Å². The quantitative estimate of drug-likeness (QED) is 0.832. The number of carbonyl (C=O) groups is 2. The van der Waals surface area contributed by atoms with E-state index < -0.39 is 16.7 Å². The monoisotopic (exact) mass is 346 g/mol. The maximum absolute atomic E-state index is 12.9. The number of halogens is 3. The molecule has 8 heteroatoms. The van der Waals surface area contributed by atoms with Gasteiger partial charge in [-0.1, -0.05) is 35.3 Å². The number of nitrogens with one attached hydrogen (secondary N) is 1. The van der Waals surface area contributed by atoms with E-state index in [1.54, 1.807) is 18.2 Å². The molecule has 0 bridgehead atoms. The molecule has 0 atom stereocenters. The highest BCUT2D eigenvalue weighted by Gasteiger charge is 2.19. The number of alkyl halides is 2. The fraction of sp³-hybridized carbons (Fsp3) is 0.0769. The highest BCUT2D eigenvalue weighted by atomic mass is 35.5. The summed E-state index contributed by atoms with van der Waals surface area (Å²) in [5.41, 5.74) is 6.19. The smallest absolute Gasteiger partial charge is 0.260 e. The third kappa shape index (κ3) is 3.72. The molecule has 2 amide bonds. The maximum Gasteiger partial charge on any atom is 0.260 e. The Kier molecular flexibility index (Phi) is 4.82. The Morgan fingerprint density at radius 2 is 1.86 bits per heavy atom. The second kappa shape index (κ2) is 6.43. The van der Waals surface area contributed by atoms with Crippen molar-refractivity contribution in [1.29, 1.82) is 0 Å². The van der Waals surface area contributed by atoms with E-state index in [0.29, 0.717) is 10.4 Å². The van der Waals surface area contributed by atoms with Crippen molar-refractivity contribution in [2.45, 2.75) is 4.84 Å². The van der Waals surface area contributed by atoms with E-state index in [0.717, 1.165) is 11.3 Å². The number of amides is 2. The number of thiophene rings is 1. The first-order valence-electron chi connectivity index (χ1n) is 5.67. The molecule has 2 aromatic rings. The molecule has 21 heavy (non-hydrogen) atoms. The summed E-state index contributed by atoms with van der Waals surface area (Å²) >= 11 is 12.0. The molecule has 0 aliphatic carbocycles. The third-order valence-electron chi connectivity index (χ3n) is 2.54. The molecule has 0 saturated carbocycles. The average molecular weight is 347 g/mol. The van der Waals surface area contributed by atoms with E-state index in [9.17, 15) is 14.0 Å². The normalized spacial score (nSPS) is 10.7. The number of hydrogen-bond acceptors (Lipinski definition) is 3.